The van der Waals surface area contributed by atoms with Crippen LogP contribution in [-0.2, 0) is 13.1 Å². The Morgan fingerprint density at radius 1 is 0.692 bits per heavy atom. The second-order valence-corrected chi connectivity index (χ2v) is 6.24. The molecule has 0 spiro atoms. The first-order valence-corrected chi connectivity index (χ1v) is 8.84. The maximum Gasteiger partial charge on any atom is 0.0972 e. The van der Waals surface area contributed by atoms with E-state index < -0.39 is 0 Å². The van der Waals surface area contributed by atoms with Crippen molar-refractivity contribution in [1.82, 2.24) is 15.1 Å². The third kappa shape index (κ3) is 3.73. The van der Waals surface area contributed by atoms with Crippen LogP contribution in [0.2, 0.25) is 0 Å². The summed E-state index contributed by atoms with van der Waals surface area (Å²) in [6.45, 7) is 1.61. The number of aromatic nitrogens is 2. The lowest BCUT2D eigenvalue weighted by molar-refractivity contribution is 0.694. The molecule has 0 fully saturated rings. The van der Waals surface area contributed by atoms with Crippen molar-refractivity contribution in [3.8, 4) is 16.9 Å². The van der Waals surface area contributed by atoms with Crippen molar-refractivity contribution in [3.63, 3.8) is 0 Å². The molecular weight excluding hydrogens is 318 g/mol. The van der Waals surface area contributed by atoms with E-state index in [9.17, 15) is 0 Å². The summed E-state index contributed by atoms with van der Waals surface area (Å²) < 4.78 is 1.96. The summed E-state index contributed by atoms with van der Waals surface area (Å²) in [5, 5.41) is 8.39. The highest BCUT2D eigenvalue weighted by Gasteiger charge is 2.11. The third-order valence-corrected chi connectivity index (χ3v) is 4.35. The van der Waals surface area contributed by atoms with Gasteiger partial charge in [-0.2, -0.15) is 5.10 Å². The molecule has 0 atom stereocenters. The normalized spacial score (nSPS) is 10.8. The minimum Gasteiger partial charge on any atom is -0.308 e. The minimum absolute atomic E-state index is 0.770. The molecule has 0 bridgehead atoms. The summed E-state index contributed by atoms with van der Waals surface area (Å²) in [6, 6.07) is 31.0. The molecule has 26 heavy (non-hydrogen) atoms. The number of benzene rings is 3. The molecule has 0 radical (unpaired) electrons. The summed E-state index contributed by atoms with van der Waals surface area (Å²) >= 11 is 0. The van der Waals surface area contributed by atoms with Gasteiger partial charge in [-0.3, -0.25) is 0 Å². The van der Waals surface area contributed by atoms with Crippen LogP contribution in [0.5, 0.6) is 0 Å². The van der Waals surface area contributed by atoms with Crippen LogP contribution in [0.1, 0.15) is 11.1 Å². The van der Waals surface area contributed by atoms with Gasteiger partial charge in [-0.05, 0) is 17.7 Å². The Hall–Kier alpha value is -3.17. The first-order valence-electron chi connectivity index (χ1n) is 8.84. The minimum atomic E-state index is 0.770. The van der Waals surface area contributed by atoms with Crippen molar-refractivity contribution in [2.75, 3.05) is 0 Å². The molecule has 128 valence electrons. The van der Waals surface area contributed by atoms with Gasteiger partial charge in [-0.15, -0.1) is 0 Å². The van der Waals surface area contributed by atoms with Gasteiger partial charge in [0.15, 0.2) is 0 Å². The maximum atomic E-state index is 4.85. The second kappa shape index (κ2) is 7.81. The lowest BCUT2D eigenvalue weighted by atomic mass is 10.1. The lowest BCUT2D eigenvalue weighted by Crippen LogP contribution is -2.12. The maximum absolute atomic E-state index is 4.85. The van der Waals surface area contributed by atoms with Crippen molar-refractivity contribution < 1.29 is 0 Å². The zero-order valence-electron chi connectivity index (χ0n) is 14.5. The Bertz CT molecular complexity index is 945. The first kappa shape index (κ1) is 16.3. The van der Waals surface area contributed by atoms with E-state index in [2.05, 4.69) is 72.2 Å². The van der Waals surface area contributed by atoms with Crippen molar-refractivity contribution >= 4 is 0 Å². The standard InChI is InChI=1S/C23H21N3/c1-4-10-19(11-5-1)16-24-17-21-18-26(22-14-8-3-9-15-22)25-23(21)20-12-6-2-7-13-20/h1-15,18,24H,16-17H2. The Morgan fingerprint density at radius 2 is 1.31 bits per heavy atom. The first-order chi connectivity index (χ1) is 12.9. The number of hydrogen-bond donors (Lipinski definition) is 1. The molecule has 0 amide bonds. The molecule has 0 aliphatic heterocycles. The molecule has 4 rings (SSSR count). The van der Waals surface area contributed by atoms with E-state index in [4.69, 9.17) is 5.10 Å². The summed E-state index contributed by atoms with van der Waals surface area (Å²) in [4.78, 5) is 0. The van der Waals surface area contributed by atoms with Gasteiger partial charge >= 0.3 is 0 Å². The molecule has 3 nitrogen and oxygen atoms in total. The van der Waals surface area contributed by atoms with Crippen LogP contribution in [-0.4, -0.2) is 9.78 Å². The molecule has 1 heterocycles. The number of nitrogens with one attached hydrogen (secondary N) is 1. The molecule has 0 aliphatic carbocycles. The number of hydrogen-bond acceptors (Lipinski definition) is 2. The highest BCUT2D eigenvalue weighted by Crippen LogP contribution is 2.23. The van der Waals surface area contributed by atoms with E-state index in [1.807, 2.05) is 35.0 Å². The Balaban J connectivity index is 1.60. The molecule has 3 aromatic carbocycles. The number of rotatable bonds is 6. The zero-order valence-corrected chi connectivity index (χ0v) is 14.5. The van der Waals surface area contributed by atoms with Crippen LogP contribution < -0.4 is 5.32 Å². The molecule has 1 N–H and O–H groups in total. The van der Waals surface area contributed by atoms with Crippen LogP contribution in [0.3, 0.4) is 0 Å². The third-order valence-electron chi connectivity index (χ3n) is 4.35. The van der Waals surface area contributed by atoms with Crippen LogP contribution in [0.4, 0.5) is 0 Å². The SMILES string of the molecule is c1ccc(CNCc2cn(-c3ccccc3)nc2-c2ccccc2)cc1. The number of para-hydroxylation sites is 1. The van der Waals surface area contributed by atoms with Gasteiger partial charge < -0.3 is 5.32 Å². The highest BCUT2D eigenvalue weighted by molar-refractivity contribution is 5.63. The Morgan fingerprint density at radius 3 is 2.00 bits per heavy atom. The van der Waals surface area contributed by atoms with Gasteiger partial charge in [0.25, 0.3) is 0 Å². The lowest BCUT2D eigenvalue weighted by Gasteiger charge is -2.05. The van der Waals surface area contributed by atoms with Crippen molar-refractivity contribution in [3.05, 3.63) is 108 Å². The van der Waals surface area contributed by atoms with Crippen LogP contribution in [0.25, 0.3) is 16.9 Å². The van der Waals surface area contributed by atoms with Gasteiger partial charge in [0, 0.05) is 30.4 Å². The summed E-state index contributed by atoms with van der Waals surface area (Å²) in [5.74, 6) is 0. The molecular formula is C23H21N3. The van der Waals surface area contributed by atoms with Gasteiger partial charge in [-0.25, -0.2) is 4.68 Å². The quantitative estimate of drug-likeness (QED) is 0.545. The van der Waals surface area contributed by atoms with Crippen LogP contribution >= 0.6 is 0 Å². The van der Waals surface area contributed by atoms with E-state index >= 15 is 0 Å². The average Bonchev–Trinajstić information content (AvgIpc) is 3.14. The Kier molecular flexibility index (Phi) is 4.90. The van der Waals surface area contributed by atoms with Crippen molar-refractivity contribution in [1.29, 1.82) is 0 Å². The fourth-order valence-electron chi connectivity index (χ4n) is 3.03. The zero-order chi connectivity index (χ0) is 17.6. The molecule has 4 aromatic rings. The molecule has 3 heteroatoms. The largest absolute Gasteiger partial charge is 0.308 e. The smallest absolute Gasteiger partial charge is 0.0972 e. The summed E-state index contributed by atoms with van der Waals surface area (Å²) in [6.07, 6.45) is 2.12. The molecule has 0 unspecified atom stereocenters. The molecule has 1 aromatic heterocycles. The van der Waals surface area contributed by atoms with Crippen LogP contribution in [0, 0.1) is 0 Å². The van der Waals surface area contributed by atoms with E-state index in [0.29, 0.717) is 0 Å². The van der Waals surface area contributed by atoms with E-state index in [-0.39, 0.29) is 0 Å². The van der Waals surface area contributed by atoms with Crippen LogP contribution in [0.15, 0.2) is 97.2 Å². The molecule has 0 saturated carbocycles. The van der Waals surface area contributed by atoms with Crippen molar-refractivity contribution in [2.45, 2.75) is 13.1 Å². The predicted octanol–water partition coefficient (Wildman–Crippen LogP) is 4.83. The van der Waals surface area contributed by atoms with Gasteiger partial charge in [-0.1, -0.05) is 78.9 Å². The fourth-order valence-corrected chi connectivity index (χ4v) is 3.03. The monoisotopic (exact) mass is 339 g/mol. The topological polar surface area (TPSA) is 29.9 Å². The molecule has 0 aliphatic rings. The van der Waals surface area contributed by atoms with E-state index in [0.717, 1.165) is 30.0 Å². The summed E-state index contributed by atoms with van der Waals surface area (Å²) in [5.41, 5.74) is 5.70. The van der Waals surface area contributed by atoms with Gasteiger partial charge in [0.2, 0.25) is 0 Å². The fraction of sp³-hybridized carbons (Fsp3) is 0.0870. The van der Waals surface area contributed by atoms with E-state index in [1.165, 1.54) is 11.1 Å². The predicted molar refractivity (Wildman–Crippen MR) is 106 cm³/mol. The second-order valence-electron chi connectivity index (χ2n) is 6.24. The van der Waals surface area contributed by atoms with Crippen molar-refractivity contribution in [2.24, 2.45) is 0 Å². The van der Waals surface area contributed by atoms with Gasteiger partial charge in [0.1, 0.15) is 0 Å². The van der Waals surface area contributed by atoms with Gasteiger partial charge in [0.05, 0.1) is 11.4 Å². The molecule has 0 saturated heterocycles. The highest BCUT2D eigenvalue weighted by atomic mass is 15.3. The average molecular weight is 339 g/mol. The number of nitrogens with zero attached hydrogens (tertiary/aromatic N) is 2. The summed E-state index contributed by atoms with van der Waals surface area (Å²) in [7, 11) is 0. The Labute approximate surface area is 153 Å². The van der Waals surface area contributed by atoms with E-state index in [1.54, 1.807) is 0 Å².